The Bertz CT molecular complexity index is 847. The van der Waals surface area contributed by atoms with E-state index in [2.05, 4.69) is 52.5 Å². The molecule has 6 heteroatoms. The van der Waals surface area contributed by atoms with Crippen LogP contribution in [0.5, 0.6) is 0 Å². The van der Waals surface area contributed by atoms with Crippen LogP contribution in [-0.2, 0) is 0 Å². The number of halogens is 1. The predicted molar refractivity (Wildman–Crippen MR) is 122 cm³/mol. The Morgan fingerprint density at radius 2 is 1.83 bits per heavy atom. The Balaban J connectivity index is 1.36. The number of aryl methyl sites for hydroxylation is 2. The Morgan fingerprint density at radius 1 is 1.07 bits per heavy atom. The molecule has 1 fully saturated rings. The van der Waals surface area contributed by atoms with E-state index >= 15 is 0 Å². The number of hydrogen-bond acceptors (Lipinski definition) is 3. The Kier molecular flexibility index (Phi) is 7.40. The third-order valence-corrected chi connectivity index (χ3v) is 5.94. The summed E-state index contributed by atoms with van der Waals surface area (Å²) in [4.78, 5) is 17.1. The molecule has 1 saturated heterocycles. The molecule has 2 aromatic rings. The van der Waals surface area contributed by atoms with Crippen LogP contribution in [0, 0.1) is 20.8 Å². The van der Waals surface area contributed by atoms with Gasteiger partial charge < -0.3 is 15.5 Å². The van der Waals surface area contributed by atoms with Crippen LogP contribution in [0.4, 0.5) is 16.2 Å². The van der Waals surface area contributed by atoms with E-state index in [0.29, 0.717) is 11.6 Å². The zero-order valence-corrected chi connectivity index (χ0v) is 18.4. The molecule has 0 spiro atoms. The molecule has 156 valence electrons. The number of carbonyl (C=O) groups excluding carboxylic acids is 1. The van der Waals surface area contributed by atoms with Gasteiger partial charge in [-0.3, -0.25) is 4.90 Å². The van der Waals surface area contributed by atoms with Crippen molar-refractivity contribution in [3.05, 3.63) is 58.1 Å². The van der Waals surface area contributed by atoms with Crippen LogP contribution >= 0.6 is 11.6 Å². The molecule has 1 aliphatic heterocycles. The van der Waals surface area contributed by atoms with Crippen molar-refractivity contribution in [2.24, 2.45) is 0 Å². The summed E-state index contributed by atoms with van der Waals surface area (Å²) in [7, 11) is 0. The summed E-state index contributed by atoms with van der Waals surface area (Å²) in [5.41, 5.74) is 5.64. The minimum Gasteiger partial charge on any atom is -0.369 e. The van der Waals surface area contributed by atoms with Crippen molar-refractivity contribution >= 4 is 29.0 Å². The van der Waals surface area contributed by atoms with Crippen LogP contribution in [-0.4, -0.2) is 50.2 Å². The number of nitrogens with one attached hydrogen (secondary N) is 2. The highest BCUT2D eigenvalue weighted by Crippen LogP contribution is 2.23. The molecule has 0 radical (unpaired) electrons. The average Bonchev–Trinajstić information content (AvgIpc) is 2.71. The van der Waals surface area contributed by atoms with Crippen molar-refractivity contribution in [1.82, 2.24) is 10.2 Å². The van der Waals surface area contributed by atoms with Crippen molar-refractivity contribution < 1.29 is 4.79 Å². The third kappa shape index (κ3) is 5.87. The summed E-state index contributed by atoms with van der Waals surface area (Å²) >= 11 is 6.10. The lowest BCUT2D eigenvalue weighted by atomic mass is 10.1. The van der Waals surface area contributed by atoms with Gasteiger partial charge in [0.1, 0.15) is 0 Å². The number of amides is 2. The average molecular weight is 415 g/mol. The molecule has 2 N–H and O–H groups in total. The molecular weight excluding hydrogens is 384 g/mol. The van der Waals surface area contributed by atoms with Crippen molar-refractivity contribution in [2.75, 3.05) is 49.5 Å². The molecule has 1 heterocycles. The summed E-state index contributed by atoms with van der Waals surface area (Å²) in [5.74, 6) is 0. The molecule has 2 aromatic carbocycles. The highest BCUT2D eigenvalue weighted by molar-refractivity contribution is 6.31. The van der Waals surface area contributed by atoms with Gasteiger partial charge in [0, 0.05) is 49.1 Å². The SMILES string of the molecule is Cc1ccc(C)c(N2CCN(CCCNC(=O)Nc3cccc(Cl)c3C)CC2)c1. The third-order valence-electron chi connectivity index (χ3n) is 5.53. The van der Waals surface area contributed by atoms with Crippen molar-refractivity contribution in [3.63, 3.8) is 0 Å². The number of rotatable bonds is 6. The van der Waals surface area contributed by atoms with Crippen LogP contribution in [0.15, 0.2) is 36.4 Å². The lowest BCUT2D eigenvalue weighted by Gasteiger charge is -2.37. The maximum atomic E-state index is 12.1. The molecule has 0 aliphatic carbocycles. The van der Waals surface area contributed by atoms with E-state index in [9.17, 15) is 4.79 Å². The first-order valence-electron chi connectivity index (χ1n) is 10.3. The molecule has 3 rings (SSSR count). The largest absolute Gasteiger partial charge is 0.369 e. The van der Waals surface area contributed by atoms with Crippen molar-refractivity contribution in [1.29, 1.82) is 0 Å². The molecule has 0 saturated carbocycles. The van der Waals surface area contributed by atoms with E-state index in [-0.39, 0.29) is 6.03 Å². The minimum atomic E-state index is -0.185. The highest BCUT2D eigenvalue weighted by Gasteiger charge is 2.18. The molecule has 0 atom stereocenters. The number of carbonyl (C=O) groups is 1. The van der Waals surface area contributed by atoms with Gasteiger partial charge in [-0.2, -0.15) is 0 Å². The van der Waals surface area contributed by atoms with Gasteiger partial charge in [-0.1, -0.05) is 29.8 Å². The van der Waals surface area contributed by atoms with Crippen molar-refractivity contribution in [3.8, 4) is 0 Å². The first kappa shape index (κ1) is 21.5. The molecule has 5 nitrogen and oxygen atoms in total. The highest BCUT2D eigenvalue weighted by atomic mass is 35.5. The van der Waals surface area contributed by atoms with E-state index in [1.54, 1.807) is 0 Å². The van der Waals surface area contributed by atoms with Crippen molar-refractivity contribution in [2.45, 2.75) is 27.2 Å². The number of hydrogen-bond donors (Lipinski definition) is 2. The van der Waals surface area contributed by atoms with Gasteiger partial charge in [-0.15, -0.1) is 0 Å². The number of urea groups is 1. The topological polar surface area (TPSA) is 47.6 Å². The Hall–Kier alpha value is -2.24. The monoisotopic (exact) mass is 414 g/mol. The molecular formula is C23H31ClN4O. The van der Waals surface area contributed by atoms with Crippen LogP contribution in [0.2, 0.25) is 5.02 Å². The van der Waals surface area contributed by atoms with Gasteiger partial charge in [0.15, 0.2) is 0 Å². The van der Waals surface area contributed by atoms with Crippen LogP contribution in [0.1, 0.15) is 23.1 Å². The van der Waals surface area contributed by atoms with Gasteiger partial charge in [-0.25, -0.2) is 4.79 Å². The lowest BCUT2D eigenvalue weighted by Crippen LogP contribution is -2.47. The lowest BCUT2D eigenvalue weighted by molar-refractivity contribution is 0.244. The van der Waals surface area contributed by atoms with Gasteiger partial charge in [0.2, 0.25) is 0 Å². The number of nitrogens with zero attached hydrogens (tertiary/aromatic N) is 2. The van der Waals surface area contributed by atoms with E-state index in [1.165, 1.54) is 16.8 Å². The second kappa shape index (κ2) is 9.99. The second-order valence-corrected chi connectivity index (χ2v) is 8.17. The first-order chi connectivity index (χ1) is 13.9. The maximum absolute atomic E-state index is 12.1. The molecule has 29 heavy (non-hydrogen) atoms. The van der Waals surface area contributed by atoms with Crippen LogP contribution in [0.3, 0.4) is 0 Å². The van der Waals surface area contributed by atoms with Gasteiger partial charge in [0.05, 0.1) is 0 Å². The van der Waals surface area contributed by atoms with E-state index in [0.717, 1.165) is 50.4 Å². The Morgan fingerprint density at radius 3 is 2.59 bits per heavy atom. The molecule has 0 aromatic heterocycles. The fourth-order valence-electron chi connectivity index (χ4n) is 3.69. The number of benzene rings is 2. The molecule has 0 bridgehead atoms. The maximum Gasteiger partial charge on any atom is 0.319 e. The van der Waals surface area contributed by atoms with E-state index < -0.39 is 0 Å². The zero-order valence-electron chi connectivity index (χ0n) is 17.6. The summed E-state index contributed by atoms with van der Waals surface area (Å²) in [6.45, 7) is 12.1. The standard InChI is InChI=1S/C23H31ClN4O/c1-17-8-9-18(2)22(16-17)28-14-12-27(13-15-28)11-5-10-25-23(29)26-21-7-4-6-20(24)19(21)3/h4,6-9,16H,5,10-15H2,1-3H3,(H2,25,26,29). The molecule has 1 aliphatic rings. The quantitative estimate of drug-likeness (QED) is 0.679. The smallest absolute Gasteiger partial charge is 0.319 e. The minimum absolute atomic E-state index is 0.185. The Labute approximate surface area is 179 Å². The van der Waals surface area contributed by atoms with Gasteiger partial charge in [-0.05, 0) is 68.6 Å². The van der Waals surface area contributed by atoms with Gasteiger partial charge >= 0.3 is 6.03 Å². The fourth-order valence-corrected chi connectivity index (χ4v) is 3.86. The second-order valence-electron chi connectivity index (χ2n) is 7.77. The zero-order chi connectivity index (χ0) is 20.8. The summed E-state index contributed by atoms with van der Waals surface area (Å²) in [6.07, 6.45) is 0.936. The fraction of sp³-hybridized carbons (Fsp3) is 0.435. The van der Waals surface area contributed by atoms with Crippen LogP contribution < -0.4 is 15.5 Å². The number of anilines is 2. The van der Waals surface area contributed by atoms with Crippen LogP contribution in [0.25, 0.3) is 0 Å². The summed E-state index contributed by atoms with van der Waals surface area (Å²) in [6, 6.07) is 12.0. The predicted octanol–water partition coefficient (Wildman–Crippen LogP) is 4.60. The summed E-state index contributed by atoms with van der Waals surface area (Å²) < 4.78 is 0. The normalized spacial score (nSPS) is 14.7. The van der Waals surface area contributed by atoms with E-state index in [1.807, 2.05) is 25.1 Å². The number of piperazine rings is 1. The first-order valence-corrected chi connectivity index (χ1v) is 10.7. The molecule has 0 unspecified atom stereocenters. The summed E-state index contributed by atoms with van der Waals surface area (Å²) in [5, 5.41) is 6.46. The van der Waals surface area contributed by atoms with Gasteiger partial charge in [0.25, 0.3) is 0 Å². The molecule has 2 amide bonds. The van der Waals surface area contributed by atoms with E-state index in [4.69, 9.17) is 11.6 Å².